The van der Waals surface area contributed by atoms with Crippen molar-refractivity contribution in [1.82, 2.24) is 10.2 Å². The lowest BCUT2D eigenvalue weighted by Gasteiger charge is -2.30. The van der Waals surface area contributed by atoms with Crippen LogP contribution in [0.3, 0.4) is 0 Å². The average molecular weight is 413 g/mol. The lowest BCUT2D eigenvalue weighted by Crippen LogP contribution is -2.50. The van der Waals surface area contributed by atoms with Gasteiger partial charge in [-0.3, -0.25) is 9.59 Å². The van der Waals surface area contributed by atoms with Crippen LogP contribution < -0.4 is 14.8 Å². The zero-order valence-electron chi connectivity index (χ0n) is 18.3. The molecule has 2 aromatic carbocycles. The van der Waals surface area contributed by atoms with Crippen LogP contribution >= 0.6 is 0 Å². The lowest BCUT2D eigenvalue weighted by molar-refractivity contribution is -0.142. The maximum absolute atomic E-state index is 13.1. The highest BCUT2D eigenvalue weighted by atomic mass is 16.5. The van der Waals surface area contributed by atoms with Crippen LogP contribution in [0.15, 0.2) is 48.5 Å². The number of benzene rings is 2. The summed E-state index contributed by atoms with van der Waals surface area (Å²) >= 11 is 0. The molecule has 6 nitrogen and oxygen atoms in total. The number of methoxy groups -OCH3 is 1. The predicted molar refractivity (Wildman–Crippen MR) is 118 cm³/mol. The Morgan fingerprint density at radius 2 is 1.73 bits per heavy atom. The van der Waals surface area contributed by atoms with Crippen molar-refractivity contribution in [3.63, 3.8) is 0 Å². The molecule has 0 radical (unpaired) electrons. The van der Waals surface area contributed by atoms with Gasteiger partial charge in [0.25, 0.3) is 5.91 Å². The molecule has 2 aromatic rings. The molecule has 2 amide bonds. The molecule has 0 aliphatic carbocycles. The van der Waals surface area contributed by atoms with E-state index in [1.165, 1.54) is 5.56 Å². The second kappa shape index (κ2) is 11.9. The molecule has 0 aromatic heterocycles. The molecule has 0 aliphatic heterocycles. The number of aryl methyl sites for hydroxylation is 1. The first-order valence-electron chi connectivity index (χ1n) is 10.4. The number of ether oxygens (including phenoxy) is 2. The van der Waals surface area contributed by atoms with Gasteiger partial charge in [0.1, 0.15) is 17.5 Å². The Morgan fingerprint density at radius 1 is 1.00 bits per heavy atom. The molecule has 162 valence electrons. The van der Waals surface area contributed by atoms with Crippen molar-refractivity contribution in [3.05, 3.63) is 59.7 Å². The van der Waals surface area contributed by atoms with Crippen LogP contribution in [0.25, 0.3) is 0 Å². The van der Waals surface area contributed by atoms with Crippen molar-refractivity contribution < 1.29 is 19.1 Å². The summed E-state index contributed by atoms with van der Waals surface area (Å²) in [6, 6.07) is 14.6. The molecule has 6 heteroatoms. The summed E-state index contributed by atoms with van der Waals surface area (Å²) < 4.78 is 11.0. The van der Waals surface area contributed by atoms with Crippen LogP contribution in [-0.2, 0) is 22.6 Å². The summed E-state index contributed by atoms with van der Waals surface area (Å²) in [5, 5.41) is 2.83. The monoisotopic (exact) mass is 412 g/mol. The Bertz CT molecular complexity index is 820. The number of rotatable bonds is 11. The third-order valence-corrected chi connectivity index (χ3v) is 4.92. The Kier molecular flexibility index (Phi) is 9.19. The van der Waals surface area contributed by atoms with E-state index < -0.39 is 6.04 Å². The van der Waals surface area contributed by atoms with E-state index in [0.717, 1.165) is 12.0 Å². The first kappa shape index (κ1) is 23.3. The number of carbonyl (C=O) groups is 2. The summed E-state index contributed by atoms with van der Waals surface area (Å²) in [7, 11) is 1.60. The van der Waals surface area contributed by atoms with Crippen molar-refractivity contribution in [2.75, 3.05) is 20.3 Å². The first-order valence-corrected chi connectivity index (χ1v) is 10.4. The molecule has 0 aliphatic rings. The van der Waals surface area contributed by atoms with Crippen molar-refractivity contribution >= 4 is 11.8 Å². The fourth-order valence-electron chi connectivity index (χ4n) is 3.23. The van der Waals surface area contributed by atoms with Gasteiger partial charge in [-0.1, -0.05) is 38.1 Å². The molecule has 1 atom stereocenters. The van der Waals surface area contributed by atoms with E-state index in [2.05, 4.69) is 12.2 Å². The maximum atomic E-state index is 13.1. The standard InChI is InChI=1S/C24H32N2O4/c1-5-18-11-13-20(14-12-18)30-17-23(27)26(22(6-2)24(28)25-7-3)16-19-9-8-10-21(15-19)29-4/h8-15,22H,5-7,16-17H2,1-4H3,(H,25,28)/t22-/m1/s1. The largest absolute Gasteiger partial charge is 0.497 e. The molecule has 30 heavy (non-hydrogen) atoms. The van der Waals surface area contributed by atoms with Crippen molar-refractivity contribution in [2.24, 2.45) is 0 Å². The normalized spacial score (nSPS) is 11.5. The summed E-state index contributed by atoms with van der Waals surface area (Å²) in [4.78, 5) is 27.3. The van der Waals surface area contributed by atoms with Gasteiger partial charge in [-0.05, 0) is 55.2 Å². The van der Waals surface area contributed by atoms with Gasteiger partial charge < -0.3 is 19.7 Å². The van der Waals surface area contributed by atoms with E-state index in [1.54, 1.807) is 12.0 Å². The molecule has 0 spiro atoms. The maximum Gasteiger partial charge on any atom is 0.261 e. The molecule has 0 heterocycles. The zero-order valence-corrected chi connectivity index (χ0v) is 18.3. The smallest absolute Gasteiger partial charge is 0.261 e. The van der Waals surface area contributed by atoms with Crippen LogP contribution in [0.2, 0.25) is 0 Å². The van der Waals surface area contributed by atoms with Crippen LogP contribution in [0.1, 0.15) is 38.3 Å². The molecule has 2 rings (SSSR count). The van der Waals surface area contributed by atoms with Crippen LogP contribution in [0.5, 0.6) is 11.5 Å². The molecule has 0 saturated heterocycles. The fourth-order valence-corrected chi connectivity index (χ4v) is 3.23. The van der Waals surface area contributed by atoms with Crippen LogP contribution in [-0.4, -0.2) is 43.0 Å². The van der Waals surface area contributed by atoms with E-state index in [4.69, 9.17) is 9.47 Å². The van der Waals surface area contributed by atoms with E-state index in [-0.39, 0.29) is 18.4 Å². The minimum absolute atomic E-state index is 0.134. The molecule has 0 bridgehead atoms. The number of nitrogens with zero attached hydrogens (tertiary/aromatic N) is 1. The van der Waals surface area contributed by atoms with E-state index in [9.17, 15) is 9.59 Å². The quantitative estimate of drug-likeness (QED) is 0.613. The summed E-state index contributed by atoms with van der Waals surface area (Å²) in [6.07, 6.45) is 1.45. The third-order valence-electron chi connectivity index (χ3n) is 4.92. The topological polar surface area (TPSA) is 67.9 Å². The molecule has 0 unspecified atom stereocenters. The SMILES string of the molecule is CCNC(=O)[C@@H](CC)N(Cc1cccc(OC)c1)C(=O)COc1ccc(CC)cc1. The van der Waals surface area contributed by atoms with Gasteiger partial charge >= 0.3 is 0 Å². The highest BCUT2D eigenvalue weighted by Gasteiger charge is 2.28. The number of hydrogen-bond acceptors (Lipinski definition) is 4. The van der Waals surface area contributed by atoms with Crippen molar-refractivity contribution in [2.45, 2.75) is 46.2 Å². The second-order valence-electron chi connectivity index (χ2n) is 6.98. The second-order valence-corrected chi connectivity index (χ2v) is 6.98. The van der Waals surface area contributed by atoms with Crippen molar-refractivity contribution in [1.29, 1.82) is 0 Å². The lowest BCUT2D eigenvalue weighted by atomic mass is 10.1. The molecule has 0 saturated carbocycles. The van der Waals surface area contributed by atoms with Gasteiger partial charge in [-0.15, -0.1) is 0 Å². The highest BCUT2D eigenvalue weighted by molar-refractivity contribution is 5.88. The average Bonchev–Trinajstić information content (AvgIpc) is 2.78. The zero-order chi connectivity index (χ0) is 21.9. The fraction of sp³-hybridized carbons (Fsp3) is 0.417. The third kappa shape index (κ3) is 6.51. The molecule has 1 N–H and O–H groups in total. The molecule has 0 fully saturated rings. The van der Waals surface area contributed by atoms with E-state index in [1.807, 2.05) is 62.4 Å². The van der Waals surface area contributed by atoms with Gasteiger partial charge in [0, 0.05) is 13.1 Å². The number of carbonyl (C=O) groups excluding carboxylic acids is 2. The number of hydrogen-bond donors (Lipinski definition) is 1. The van der Waals surface area contributed by atoms with Gasteiger partial charge in [0.05, 0.1) is 7.11 Å². The number of nitrogens with one attached hydrogen (secondary N) is 1. The number of amides is 2. The Hall–Kier alpha value is -3.02. The van der Waals surface area contributed by atoms with Crippen molar-refractivity contribution in [3.8, 4) is 11.5 Å². The van der Waals surface area contributed by atoms with Crippen LogP contribution in [0, 0.1) is 0 Å². The van der Waals surface area contributed by atoms with Crippen LogP contribution in [0.4, 0.5) is 0 Å². The van der Waals surface area contributed by atoms with Gasteiger partial charge in [-0.2, -0.15) is 0 Å². The number of likely N-dealkylation sites (N-methyl/N-ethyl adjacent to an activating group) is 1. The van der Waals surface area contributed by atoms with E-state index in [0.29, 0.717) is 31.0 Å². The first-order chi connectivity index (χ1) is 14.5. The summed E-state index contributed by atoms with van der Waals surface area (Å²) in [6.45, 7) is 6.52. The Labute approximate surface area is 179 Å². The minimum Gasteiger partial charge on any atom is -0.497 e. The summed E-state index contributed by atoms with van der Waals surface area (Å²) in [5.41, 5.74) is 2.09. The highest BCUT2D eigenvalue weighted by Crippen LogP contribution is 2.18. The predicted octanol–water partition coefficient (Wildman–Crippen LogP) is 3.58. The Morgan fingerprint density at radius 3 is 2.33 bits per heavy atom. The summed E-state index contributed by atoms with van der Waals surface area (Å²) in [5.74, 6) is 0.935. The Balaban J connectivity index is 2.18. The molecular weight excluding hydrogens is 380 g/mol. The van der Waals surface area contributed by atoms with Gasteiger partial charge in [0.15, 0.2) is 6.61 Å². The van der Waals surface area contributed by atoms with E-state index >= 15 is 0 Å². The minimum atomic E-state index is -0.574. The molecular formula is C24H32N2O4. The van der Waals surface area contributed by atoms with Gasteiger partial charge in [0.2, 0.25) is 5.91 Å². The van der Waals surface area contributed by atoms with Gasteiger partial charge in [-0.25, -0.2) is 0 Å².